The Morgan fingerprint density at radius 1 is 1.23 bits per heavy atom. The van der Waals surface area contributed by atoms with Gasteiger partial charge in [0.05, 0.1) is 5.69 Å². The van der Waals surface area contributed by atoms with Gasteiger partial charge in [-0.1, -0.05) is 13.0 Å². The zero-order valence-electron chi connectivity index (χ0n) is 14.6. The minimum Gasteiger partial charge on any atom is -0.406 e. The van der Waals surface area contributed by atoms with Crippen LogP contribution in [0.1, 0.15) is 44.7 Å². The summed E-state index contributed by atoms with van der Waals surface area (Å²) in [4.78, 5) is 8.99. The molecule has 1 aromatic heterocycles. The van der Waals surface area contributed by atoms with E-state index in [1.54, 1.807) is 6.07 Å². The summed E-state index contributed by atoms with van der Waals surface area (Å²) >= 11 is 0. The van der Waals surface area contributed by atoms with E-state index in [0.29, 0.717) is 23.4 Å². The molecular formula is C18H21F3N4O. The molecule has 0 unspecified atom stereocenters. The van der Waals surface area contributed by atoms with Crippen LogP contribution in [-0.2, 0) is 0 Å². The lowest BCUT2D eigenvalue weighted by molar-refractivity contribution is -0.274. The van der Waals surface area contributed by atoms with Crippen molar-refractivity contribution in [2.45, 2.75) is 51.4 Å². The highest BCUT2D eigenvalue weighted by molar-refractivity contribution is 5.59. The Balaban J connectivity index is 1.81. The normalized spacial score (nSPS) is 15.4. The van der Waals surface area contributed by atoms with Crippen LogP contribution in [0.3, 0.4) is 0 Å². The first-order valence-corrected chi connectivity index (χ1v) is 8.60. The molecule has 1 fully saturated rings. The Morgan fingerprint density at radius 3 is 2.65 bits per heavy atom. The van der Waals surface area contributed by atoms with Gasteiger partial charge in [0.2, 0.25) is 5.95 Å². The molecule has 1 aliphatic carbocycles. The smallest absolute Gasteiger partial charge is 0.406 e. The number of hydrogen-bond donors (Lipinski definition) is 2. The first-order chi connectivity index (χ1) is 12.3. The quantitative estimate of drug-likeness (QED) is 0.705. The molecule has 2 N–H and O–H groups in total. The van der Waals surface area contributed by atoms with Crippen molar-refractivity contribution in [3.05, 3.63) is 36.0 Å². The van der Waals surface area contributed by atoms with Crippen LogP contribution >= 0.6 is 0 Å². The van der Waals surface area contributed by atoms with Crippen molar-refractivity contribution in [2.75, 3.05) is 10.6 Å². The van der Waals surface area contributed by atoms with Crippen molar-refractivity contribution >= 4 is 17.5 Å². The van der Waals surface area contributed by atoms with Gasteiger partial charge in [-0.15, -0.1) is 13.2 Å². The standard InChI is InChI=1S/C18H21F3N4O/c1-3-11(2)22-17-24-15(12-7-8-12)10-16(25-17)23-13-5-4-6-14(9-13)26-18(19,20)21/h4-6,9-12H,3,7-8H2,1-2H3,(H2,22,23,24,25)/t11-/m0/s1. The molecule has 0 bridgehead atoms. The second-order valence-electron chi connectivity index (χ2n) is 6.43. The van der Waals surface area contributed by atoms with Gasteiger partial charge in [-0.3, -0.25) is 0 Å². The Hall–Kier alpha value is -2.51. The highest BCUT2D eigenvalue weighted by Gasteiger charge is 2.31. The van der Waals surface area contributed by atoms with Crippen LogP contribution in [-0.4, -0.2) is 22.4 Å². The van der Waals surface area contributed by atoms with Crippen LogP contribution in [0.4, 0.5) is 30.6 Å². The Kier molecular flexibility index (Phi) is 5.20. The fourth-order valence-corrected chi connectivity index (χ4v) is 2.42. The lowest BCUT2D eigenvalue weighted by atomic mass is 10.2. The molecule has 1 aromatic carbocycles. The molecule has 0 saturated heterocycles. The van der Waals surface area contributed by atoms with Crippen molar-refractivity contribution in [1.29, 1.82) is 0 Å². The van der Waals surface area contributed by atoms with Gasteiger partial charge in [-0.25, -0.2) is 4.98 Å². The average molecular weight is 366 g/mol. The van der Waals surface area contributed by atoms with E-state index in [1.165, 1.54) is 18.2 Å². The van der Waals surface area contributed by atoms with Gasteiger partial charge in [-0.2, -0.15) is 4.98 Å². The van der Waals surface area contributed by atoms with E-state index >= 15 is 0 Å². The molecule has 1 saturated carbocycles. The first-order valence-electron chi connectivity index (χ1n) is 8.60. The number of rotatable bonds is 7. The monoisotopic (exact) mass is 366 g/mol. The minimum absolute atomic E-state index is 0.223. The molecule has 3 rings (SSSR count). The van der Waals surface area contributed by atoms with Crippen LogP contribution in [0, 0.1) is 0 Å². The zero-order valence-corrected chi connectivity index (χ0v) is 14.6. The summed E-state index contributed by atoms with van der Waals surface area (Å²) < 4.78 is 41.1. The van der Waals surface area contributed by atoms with Crippen LogP contribution in [0.15, 0.2) is 30.3 Å². The largest absolute Gasteiger partial charge is 0.573 e. The van der Waals surface area contributed by atoms with Gasteiger partial charge in [-0.05, 0) is 38.3 Å². The fourth-order valence-electron chi connectivity index (χ4n) is 2.42. The number of nitrogens with one attached hydrogen (secondary N) is 2. The predicted octanol–water partition coefficient (Wildman–Crippen LogP) is 5.21. The van der Waals surface area contributed by atoms with E-state index in [4.69, 9.17) is 0 Å². The van der Waals surface area contributed by atoms with E-state index in [0.717, 1.165) is 25.0 Å². The third-order valence-electron chi connectivity index (χ3n) is 4.07. The number of alkyl halides is 3. The molecule has 0 aliphatic heterocycles. The molecule has 0 radical (unpaired) electrons. The van der Waals surface area contributed by atoms with E-state index in [-0.39, 0.29) is 11.8 Å². The fraction of sp³-hybridized carbons (Fsp3) is 0.444. The van der Waals surface area contributed by atoms with Gasteiger partial charge >= 0.3 is 6.36 Å². The first kappa shape index (κ1) is 18.3. The number of halogens is 3. The summed E-state index contributed by atoms with van der Waals surface area (Å²) in [5.41, 5.74) is 1.40. The molecule has 1 atom stereocenters. The SMILES string of the molecule is CC[C@H](C)Nc1nc(Nc2cccc(OC(F)(F)F)c2)cc(C2CC2)n1. The molecule has 8 heteroatoms. The van der Waals surface area contributed by atoms with E-state index in [1.807, 2.05) is 13.0 Å². The lowest BCUT2D eigenvalue weighted by Gasteiger charge is -2.15. The van der Waals surface area contributed by atoms with Crippen LogP contribution in [0.2, 0.25) is 0 Å². The third-order valence-corrected chi connectivity index (χ3v) is 4.07. The van der Waals surface area contributed by atoms with Gasteiger partial charge in [0.1, 0.15) is 11.6 Å². The predicted molar refractivity (Wildman–Crippen MR) is 93.8 cm³/mol. The Bertz CT molecular complexity index is 762. The molecule has 2 aromatic rings. The number of benzene rings is 1. The second kappa shape index (κ2) is 7.39. The molecule has 26 heavy (non-hydrogen) atoms. The molecule has 0 spiro atoms. The molecule has 1 heterocycles. The van der Waals surface area contributed by atoms with Crippen LogP contribution in [0.5, 0.6) is 5.75 Å². The van der Waals surface area contributed by atoms with Gasteiger partial charge < -0.3 is 15.4 Å². The number of aromatic nitrogens is 2. The van der Waals surface area contributed by atoms with E-state index < -0.39 is 6.36 Å². The summed E-state index contributed by atoms with van der Waals surface area (Å²) in [6.07, 6.45) is -1.61. The highest BCUT2D eigenvalue weighted by Crippen LogP contribution is 2.40. The lowest BCUT2D eigenvalue weighted by Crippen LogP contribution is -2.17. The zero-order chi connectivity index (χ0) is 18.7. The maximum absolute atomic E-state index is 12.4. The molecule has 0 amide bonds. The number of hydrogen-bond acceptors (Lipinski definition) is 5. The van der Waals surface area contributed by atoms with E-state index in [2.05, 4.69) is 32.3 Å². The topological polar surface area (TPSA) is 59.1 Å². The van der Waals surface area contributed by atoms with Crippen LogP contribution < -0.4 is 15.4 Å². The van der Waals surface area contributed by atoms with Crippen molar-refractivity contribution < 1.29 is 17.9 Å². The third kappa shape index (κ3) is 5.24. The van der Waals surface area contributed by atoms with Crippen molar-refractivity contribution in [1.82, 2.24) is 9.97 Å². The molecule has 5 nitrogen and oxygen atoms in total. The van der Waals surface area contributed by atoms with Crippen molar-refractivity contribution in [2.24, 2.45) is 0 Å². The van der Waals surface area contributed by atoms with Gasteiger partial charge in [0.25, 0.3) is 0 Å². The molecule has 1 aliphatic rings. The Morgan fingerprint density at radius 2 is 2.00 bits per heavy atom. The maximum Gasteiger partial charge on any atom is 0.573 e. The summed E-state index contributed by atoms with van der Waals surface area (Å²) in [5.74, 6) is 1.21. The van der Waals surface area contributed by atoms with Crippen molar-refractivity contribution in [3.63, 3.8) is 0 Å². The number of ether oxygens (including phenoxy) is 1. The maximum atomic E-state index is 12.4. The van der Waals surface area contributed by atoms with Gasteiger partial charge in [0, 0.05) is 29.8 Å². The van der Waals surface area contributed by atoms with Crippen LogP contribution in [0.25, 0.3) is 0 Å². The highest BCUT2D eigenvalue weighted by atomic mass is 19.4. The molecular weight excluding hydrogens is 345 g/mol. The average Bonchev–Trinajstić information content (AvgIpc) is 3.38. The minimum atomic E-state index is -4.72. The second-order valence-corrected chi connectivity index (χ2v) is 6.43. The summed E-state index contributed by atoms with van der Waals surface area (Å²) in [6, 6.07) is 7.75. The summed E-state index contributed by atoms with van der Waals surface area (Å²) in [6.45, 7) is 4.10. The van der Waals surface area contributed by atoms with E-state index in [9.17, 15) is 13.2 Å². The number of nitrogens with zero attached hydrogens (tertiary/aromatic N) is 2. The van der Waals surface area contributed by atoms with Gasteiger partial charge in [0.15, 0.2) is 0 Å². The number of anilines is 3. The molecule has 140 valence electrons. The summed E-state index contributed by atoms with van der Waals surface area (Å²) in [5, 5.41) is 6.29. The van der Waals surface area contributed by atoms with Crippen molar-refractivity contribution in [3.8, 4) is 5.75 Å². The Labute approximate surface area is 150 Å². The summed E-state index contributed by atoms with van der Waals surface area (Å²) in [7, 11) is 0.